The average Bonchev–Trinajstić information content (AvgIpc) is 2.93. The summed E-state index contributed by atoms with van der Waals surface area (Å²) in [4.78, 5) is 12.1. The summed E-state index contributed by atoms with van der Waals surface area (Å²) in [5.74, 6) is -0.625. The molecule has 240 valence electrons. The fourth-order valence-electron chi connectivity index (χ4n) is 4.97. The molecule has 0 radical (unpaired) electrons. The summed E-state index contributed by atoms with van der Waals surface area (Å²) in [5, 5.41) is 82.8. The van der Waals surface area contributed by atoms with Gasteiger partial charge in [0.15, 0.2) is 18.9 Å². The van der Waals surface area contributed by atoms with Crippen molar-refractivity contribution in [2.45, 2.75) is 105 Å². The maximum atomic E-state index is 12.1. The molecule has 1 amide bonds. The summed E-state index contributed by atoms with van der Waals surface area (Å²) >= 11 is 0. The number of rotatable bonds is 10. The number of nitrogens with one attached hydrogen (secondary N) is 1. The Morgan fingerprint density at radius 1 is 0.833 bits per heavy atom. The normalized spacial score (nSPS) is 44.7. The Morgan fingerprint density at radius 2 is 1.36 bits per heavy atom. The summed E-state index contributed by atoms with van der Waals surface area (Å²) in [6.45, 7) is 0.633. The Hall–Kier alpha value is -0.180. The van der Waals surface area contributed by atoms with Crippen LogP contribution in [0, 0.1) is 0 Å². The van der Waals surface area contributed by atoms with E-state index in [-0.39, 0.29) is 29.6 Å². The van der Waals surface area contributed by atoms with Gasteiger partial charge >= 0.3 is 29.6 Å². The van der Waals surface area contributed by atoms with E-state index in [2.05, 4.69) is 9.65 Å². The molecule has 0 aromatic rings. The molecule has 3 aliphatic rings. The average molecular weight is 646 g/mol. The first-order valence-corrected chi connectivity index (χ1v) is 13.9. The molecule has 0 spiro atoms. The molecule has 3 rings (SSSR count). The Labute approximate surface area is 262 Å². The number of carbonyl (C=O) groups is 1. The van der Waals surface area contributed by atoms with E-state index in [0.29, 0.717) is 0 Å². The van der Waals surface area contributed by atoms with Crippen molar-refractivity contribution in [3.8, 4) is 0 Å². The van der Waals surface area contributed by atoms with Gasteiger partial charge in [0.1, 0.15) is 66.2 Å². The zero-order chi connectivity index (χ0) is 30.8. The topological polar surface area (TPSA) is 293 Å². The smallest absolute Gasteiger partial charge is 0.707 e. The largest absolute Gasteiger partial charge is 1.00 e. The summed E-state index contributed by atoms with van der Waals surface area (Å²) in [6.07, 6.45) is -21.8. The van der Waals surface area contributed by atoms with Crippen LogP contribution < -0.4 is 40.1 Å². The van der Waals surface area contributed by atoms with Crippen molar-refractivity contribution in [3.63, 3.8) is 0 Å². The number of aliphatic hydroxyl groups is 7. The van der Waals surface area contributed by atoms with Crippen LogP contribution >= 0.6 is 0 Å². The molecule has 3 saturated heterocycles. The van der Waals surface area contributed by atoms with Crippen LogP contribution in [0.1, 0.15) is 13.8 Å². The zero-order valence-corrected chi connectivity index (χ0v) is 25.9. The molecule has 0 aromatic carbocycles. The van der Waals surface area contributed by atoms with E-state index >= 15 is 0 Å². The van der Waals surface area contributed by atoms with E-state index in [4.69, 9.17) is 28.4 Å². The Bertz CT molecular complexity index is 977. The zero-order valence-electron chi connectivity index (χ0n) is 23.1. The van der Waals surface area contributed by atoms with Crippen LogP contribution in [-0.4, -0.2) is 162 Å². The van der Waals surface area contributed by atoms with Crippen LogP contribution in [0.3, 0.4) is 0 Å². The minimum atomic E-state index is -5.07. The predicted octanol–water partition coefficient (Wildman–Crippen LogP) is -10.1. The van der Waals surface area contributed by atoms with Crippen LogP contribution in [0.2, 0.25) is 0 Å². The van der Waals surface area contributed by atoms with Crippen LogP contribution in [0.4, 0.5) is 0 Å². The Morgan fingerprint density at radius 3 is 1.88 bits per heavy atom. The minimum Gasteiger partial charge on any atom is -0.707 e. The first-order chi connectivity index (χ1) is 19.2. The van der Waals surface area contributed by atoms with Gasteiger partial charge in [-0.15, -0.1) is 0 Å². The molecule has 0 bridgehead atoms. The maximum Gasteiger partial charge on any atom is 1.00 e. The van der Waals surface area contributed by atoms with Gasteiger partial charge in [-0.05, 0) is 6.92 Å². The van der Waals surface area contributed by atoms with Gasteiger partial charge < -0.3 is 79.1 Å². The molecule has 0 saturated carbocycles. The van der Waals surface area contributed by atoms with Gasteiger partial charge in [0, 0.05) is 14.0 Å². The van der Waals surface area contributed by atoms with Crippen LogP contribution in [-0.2, 0) is 47.7 Å². The fraction of sp³-hybridized carbons (Fsp3) is 0.952. The molecule has 0 aromatic heterocycles. The van der Waals surface area contributed by atoms with Gasteiger partial charge in [0.2, 0.25) is 5.91 Å². The van der Waals surface area contributed by atoms with Crippen molar-refractivity contribution in [1.82, 2.24) is 5.32 Å². The van der Waals surface area contributed by atoms with Crippen molar-refractivity contribution in [2.75, 3.05) is 20.3 Å². The second-order valence-electron chi connectivity index (χ2n) is 9.80. The minimum absolute atomic E-state index is 0. The molecule has 8 N–H and O–H groups in total. The molecule has 19 nitrogen and oxygen atoms in total. The maximum absolute atomic E-state index is 12.1. The van der Waals surface area contributed by atoms with Crippen molar-refractivity contribution < 1.29 is 117 Å². The molecular weight excluding hydrogens is 609 g/mol. The third-order valence-corrected chi connectivity index (χ3v) is 8.51. The molecule has 2 unspecified atom stereocenters. The standard InChI is InChI=1S/C21H37NO18S.Na/c1-6-11(26)12(27)14(29)20(35-6)39-17-10(22-7(2)25)19(34-3)36-8(4-23)16(17)38-21-15(30)13(28)18(9(5-24)37-21)41(32,33)40-31;/h6,8-21,23-24,26-31H,4-5H2,1-3H3,(H,22,25);/q;+1/p-1/t6-,8+,9+,10+,11+,12+,13?,14?,15+,16+,17+,18-,19+,20-,21-;/m0./s1. The molecule has 15 atom stereocenters. The summed E-state index contributed by atoms with van der Waals surface area (Å²) in [6, 6.07) is -1.29. The number of ether oxygens (including phenoxy) is 6. The number of carbonyl (C=O) groups excluding carboxylic acids is 1. The molecular formula is C21H36NNaO18S. The van der Waals surface area contributed by atoms with Crippen molar-refractivity contribution in [1.29, 1.82) is 0 Å². The van der Waals surface area contributed by atoms with Gasteiger partial charge in [-0.1, -0.05) is 0 Å². The van der Waals surface area contributed by atoms with E-state index in [0.717, 1.165) is 6.92 Å². The number of hydrogen-bond acceptors (Lipinski definition) is 18. The summed E-state index contributed by atoms with van der Waals surface area (Å²) < 4.78 is 60.7. The van der Waals surface area contributed by atoms with E-state index in [1.54, 1.807) is 0 Å². The van der Waals surface area contributed by atoms with Gasteiger partial charge in [0.05, 0.1) is 19.3 Å². The quantitative estimate of drug-likeness (QED) is 0.0621. The van der Waals surface area contributed by atoms with Crippen molar-refractivity contribution in [2.24, 2.45) is 0 Å². The second-order valence-corrected chi connectivity index (χ2v) is 11.5. The van der Waals surface area contributed by atoms with Gasteiger partial charge in [-0.3, -0.25) is 4.79 Å². The predicted molar refractivity (Wildman–Crippen MR) is 124 cm³/mol. The van der Waals surface area contributed by atoms with Crippen LogP contribution in [0.15, 0.2) is 0 Å². The van der Waals surface area contributed by atoms with Crippen LogP contribution in [0.5, 0.6) is 0 Å². The van der Waals surface area contributed by atoms with Crippen molar-refractivity contribution in [3.05, 3.63) is 0 Å². The monoisotopic (exact) mass is 645 g/mol. The number of hydrogen-bond donors (Lipinski definition) is 8. The third-order valence-electron chi connectivity index (χ3n) is 7.07. The third kappa shape index (κ3) is 7.96. The van der Waals surface area contributed by atoms with E-state index in [1.165, 1.54) is 14.0 Å². The van der Waals surface area contributed by atoms with Gasteiger partial charge in [-0.2, -0.15) is 8.42 Å². The number of methoxy groups -OCH3 is 1. The molecule has 3 aliphatic heterocycles. The SMILES string of the molecule is CO[C@@H]1O[C@H](CO)[C@@H](O[C@@H]2O[C@H](CO)[C@H](S(=O)(=O)O[O-])C(O)[C@H]2O)[C@H](O[C@@H]2O[C@@H](C)[C@@H](O)[C@@H](O)C2O)[C@H]1NC(C)=O.[Na+]. The van der Waals surface area contributed by atoms with Crippen molar-refractivity contribution >= 4 is 16.0 Å². The summed E-state index contributed by atoms with van der Waals surface area (Å²) in [5.41, 5.74) is 0. The Kier molecular flexibility index (Phi) is 14.4. The number of amides is 1. The number of aliphatic hydroxyl groups excluding tert-OH is 7. The van der Waals surface area contributed by atoms with Gasteiger partial charge in [-0.25, -0.2) is 0 Å². The van der Waals surface area contributed by atoms with E-state index in [9.17, 15) is 54.2 Å². The molecule has 3 heterocycles. The van der Waals surface area contributed by atoms with E-state index < -0.39 is 120 Å². The fourth-order valence-corrected chi connectivity index (χ4v) is 6.08. The molecule has 0 aliphatic carbocycles. The van der Waals surface area contributed by atoms with Crippen LogP contribution in [0.25, 0.3) is 0 Å². The first-order valence-electron chi connectivity index (χ1n) is 12.5. The summed E-state index contributed by atoms with van der Waals surface area (Å²) in [7, 11) is -3.87. The molecule has 21 heteroatoms. The molecule has 42 heavy (non-hydrogen) atoms. The Balaban J connectivity index is 0.00000616. The van der Waals surface area contributed by atoms with E-state index in [1.807, 2.05) is 0 Å². The second kappa shape index (κ2) is 15.9. The first kappa shape index (κ1) is 38.0. The van der Waals surface area contributed by atoms with Gasteiger partial charge in [0.25, 0.3) is 10.1 Å². The molecule has 3 fully saturated rings.